The van der Waals surface area contributed by atoms with Crippen molar-refractivity contribution in [3.63, 3.8) is 0 Å². The third kappa shape index (κ3) is 9.29. The lowest BCUT2D eigenvalue weighted by Gasteiger charge is -2.09. The summed E-state index contributed by atoms with van der Waals surface area (Å²) in [4.78, 5) is 0. The predicted molar refractivity (Wildman–Crippen MR) is 64.5 cm³/mol. The largest absolute Gasteiger partial charge is 0.495 e. The molecule has 1 unspecified atom stereocenters. The molecule has 0 aromatic rings. The minimum absolute atomic E-state index is 0.309. The summed E-state index contributed by atoms with van der Waals surface area (Å²) in [5, 5.41) is 9.52. The second-order valence-corrected chi connectivity index (χ2v) is 3.81. The van der Waals surface area contributed by atoms with Crippen molar-refractivity contribution in [1.82, 2.24) is 0 Å². The highest BCUT2D eigenvalue weighted by Crippen LogP contribution is 2.01. The van der Waals surface area contributed by atoms with Gasteiger partial charge in [0.25, 0.3) is 0 Å². The van der Waals surface area contributed by atoms with E-state index in [0.717, 1.165) is 5.76 Å². The molecule has 0 aliphatic rings. The highest BCUT2D eigenvalue weighted by molar-refractivity contribution is 5.05. The van der Waals surface area contributed by atoms with Crippen LogP contribution >= 0.6 is 0 Å². The molecule has 1 atom stereocenters. The number of rotatable bonds is 6. The fourth-order valence-electron chi connectivity index (χ4n) is 0.903. The fraction of sp³-hybridized carbons (Fsp3) is 0.538. The van der Waals surface area contributed by atoms with Gasteiger partial charge in [-0.15, -0.1) is 0 Å². The van der Waals surface area contributed by atoms with Gasteiger partial charge in [0.15, 0.2) is 0 Å². The van der Waals surface area contributed by atoms with Crippen LogP contribution in [0.4, 0.5) is 0 Å². The zero-order valence-corrected chi connectivity index (χ0v) is 10.1. The van der Waals surface area contributed by atoms with Crippen molar-refractivity contribution < 1.29 is 9.84 Å². The first-order chi connectivity index (χ1) is 7.06. The monoisotopic (exact) mass is 210 g/mol. The quantitative estimate of drug-likeness (QED) is 0.415. The molecule has 15 heavy (non-hydrogen) atoms. The fourth-order valence-corrected chi connectivity index (χ4v) is 0.903. The zero-order chi connectivity index (χ0) is 11.7. The van der Waals surface area contributed by atoms with Gasteiger partial charge in [0.05, 0.1) is 5.76 Å². The third-order valence-corrected chi connectivity index (χ3v) is 1.72. The Labute approximate surface area is 93.0 Å². The smallest absolute Gasteiger partial charge is 0.117 e. The van der Waals surface area contributed by atoms with Gasteiger partial charge < -0.3 is 9.84 Å². The van der Waals surface area contributed by atoms with E-state index in [1.54, 1.807) is 6.08 Å². The molecule has 0 aromatic heterocycles. The topological polar surface area (TPSA) is 29.5 Å². The van der Waals surface area contributed by atoms with Crippen LogP contribution in [0.2, 0.25) is 0 Å². The lowest BCUT2D eigenvalue weighted by atomic mass is 10.2. The number of hydrogen-bond donors (Lipinski definition) is 1. The maximum absolute atomic E-state index is 9.52. The van der Waals surface area contributed by atoms with Crippen molar-refractivity contribution in [2.45, 2.75) is 33.8 Å². The van der Waals surface area contributed by atoms with Gasteiger partial charge in [-0.2, -0.15) is 0 Å². The normalized spacial score (nSPS) is 15.5. The summed E-state index contributed by atoms with van der Waals surface area (Å²) in [5.41, 5.74) is 0. The van der Waals surface area contributed by atoms with Crippen molar-refractivity contribution >= 4 is 0 Å². The minimum atomic E-state index is -0.527. The van der Waals surface area contributed by atoms with Crippen LogP contribution in [0.3, 0.4) is 0 Å². The van der Waals surface area contributed by atoms with Crippen LogP contribution in [0.15, 0.2) is 36.1 Å². The Hall–Kier alpha value is -1.02. The second-order valence-electron chi connectivity index (χ2n) is 3.81. The van der Waals surface area contributed by atoms with E-state index in [1.807, 2.05) is 38.2 Å². The van der Waals surface area contributed by atoms with E-state index in [-0.39, 0.29) is 0 Å². The molecule has 1 N–H and O–H groups in total. The van der Waals surface area contributed by atoms with E-state index in [1.165, 1.54) is 0 Å². The SMILES string of the molecule is C/C=C\C=C(/C)OCC(O)/C=C/C(C)C. The van der Waals surface area contributed by atoms with Gasteiger partial charge in [0.2, 0.25) is 0 Å². The predicted octanol–water partition coefficient (Wildman–Crippen LogP) is 3.06. The standard InChI is InChI=1S/C13H22O2/c1-5-6-7-12(4)15-10-13(14)9-8-11(2)3/h5-9,11,13-14H,10H2,1-4H3/b6-5-,9-8+,12-7+. The molecule has 0 heterocycles. The Morgan fingerprint density at radius 1 is 1.33 bits per heavy atom. The molecule has 0 spiro atoms. The molecule has 0 saturated carbocycles. The molecule has 86 valence electrons. The summed E-state index contributed by atoms with van der Waals surface area (Å²) in [5.74, 6) is 1.27. The van der Waals surface area contributed by atoms with E-state index in [2.05, 4.69) is 13.8 Å². The molecule has 0 bridgehead atoms. The van der Waals surface area contributed by atoms with Gasteiger partial charge in [-0.05, 0) is 25.8 Å². The van der Waals surface area contributed by atoms with Gasteiger partial charge in [-0.3, -0.25) is 0 Å². The highest BCUT2D eigenvalue weighted by atomic mass is 16.5. The zero-order valence-electron chi connectivity index (χ0n) is 10.1. The number of ether oxygens (including phenoxy) is 1. The first-order valence-electron chi connectivity index (χ1n) is 5.35. The molecule has 0 aromatic carbocycles. The van der Waals surface area contributed by atoms with Crippen molar-refractivity contribution in [3.8, 4) is 0 Å². The molecular formula is C13H22O2. The Kier molecular flexibility index (Phi) is 7.74. The van der Waals surface area contributed by atoms with E-state index in [9.17, 15) is 5.11 Å². The summed E-state index contributed by atoms with van der Waals surface area (Å²) >= 11 is 0. The van der Waals surface area contributed by atoms with Crippen molar-refractivity contribution in [3.05, 3.63) is 36.1 Å². The van der Waals surface area contributed by atoms with E-state index < -0.39 is 6.10 Å². The Bertz CT molecular complexity index is 237. The summed E-state index contributed by atoms with van der Waals surface area (Å²) in [6, 6.07) is 0. The van der Waals surface area contributed by atoms with E-state index in [0.29, 0.717) is 12.5 Å². The number of allylic oxidation sites excluding steroid dienone is 5. The molecule has 0 rings (SSSR count). The molecule has 0 amide bonds. The van der Waals surface area contributed by atoms with Gasteiger partial charge in [0, 0.05) is 0 Å². The van der Waals surface area contributed by atoms with Crippen molar-refractivity contribution in [1.29, 1.82) is 0 Å². The summed E-state index contributed by atoms with van der Waals surface area (Å²) in [6.45, 7) is 8.27. The van der Waals surface area contributed by atoms with Crippen LogP contribution in [-0.2, 0) is 4.74 Å². The second kappa shape index (κ2) is 8.30. The average molecular weight is 210 g/mol. The number of hydrogen-bond acceptors (Lipinski definition) is 2. The average Bonchev–Trinajstić information content (AvgIpc) is 2.20. The van der Waals surface area contributed by atoms with Crippen molar-refractivity contribution in [2.75, 3.05) is 6.61 Å². The maximum atomic E-state index is 9.52. The molecule has 0 aliphatic heterocycles. The molecule has 0 fully saturated rings. The van der Waals surface area contributed by atoms with Gasteiger partial charge >= 0.3 is 0 Å². The van der Waals surface area contributed by atoms with Crippen LogP contribution in [0.25, 0.3) is 0 Å². The Morgan fingerprint density at radius 3 is 2.53 bits per heavy atom. The lowest BCUT2D eigenvalue weighted by Crippen LogP contribution is -2.11. The van der Waals surface area contributed by atoms with Gasteiger partial charge in [-0.25, -0.2) is 0 Å². The molecule has 0 saturated heterocycles. The van der Waals surface area contributed by atoms with E-state index in [4.69, 9.17) is 4.74 Å². The molecule has 2 heteroatoms. The van der Waals surface area contributed by atoms with Crippen LogP contribution in [0, 0.1) is 5.92 Å². The molecule has 0 radical (unpaired) electrons. The van der Waals surface area contributed by atoms with Crippen LogP contribution in [0.1, 0.15) is 27.7 Å². The minimum Gasteiger partial charge on any atom is -0.495 e. The van der Waals surface area contributed by atoms with E-state index >= 15 is 0 Å². The number of aliphatic hydroxyl groups is 1. The van der Waals surface area contributed by atoms with Crippen molar-refractivity contribution in [2.24, 2.45) is 5.92 Å². The van der Waals surface area contributed by atoms with Crippen LogP contribution in [0.5, 0.6) is 0 Å². The lowest BCUT2D eigenvalue weighted by molar-refractivity contribution is 0.102. The maximum Gasteiger partial charge on any atom is 0.117 e. The third-order valence-electron chi connectivity index (χ3n) is 1.72. The summed E-state index contributed by atoms with van der Waals surface area (Å²) in [7, 11) is 0. The first-order valence-corrected chi connectivity index (χ1v) is 5.35. The van der Waals surface area contributed by atoms with Crippen LogP contribution < -0.4 is 0 Å². The highest BCUT2D eigenvalue weighted by Gasteiger charge is 1.99. The summed E-state index contributed by atoms with van der Waals surface area (Å²) < 4.78 is 5.35. The number of aliphatic hydroxyl groups excluding tert-OH is 1. The summed E-state index contributed by atoms with van der Waals surface area (Å²) in [6.07, 6.45) is 8.93. The molecule has 0 aliphatic carbocycles. The van der Waals surface area contributed by atoms with Gasteiger partial charge in [0.1, 0.15) is 12.7 Å². The molecular weight excluding hydrogens is 188 g/mol. The Balaban J connectivity index is 3.85. The molecule has 2 nitrogen and oxygen atoms in total. The van der Waals surface area contributed by atoms with Crippen LogP contribution in [-0.4, -0.2) is 17.8 Å². The first kappa shape index (κ1) is 14.0. The van der Waals surface area contributed by atoms with Gasteiger partial charge in [-0.1, -0.05) is 38.2 Å². The Morgan fingerprint density at radius 2 is 2.00 bits per heavy atom.